The van der Waals surface area contributed by atoms with Gasteiger partial charge in [-0.1, -0.05) is 34.1 Å². The van der Waals surface area contributed by atoms with E-state index in [1.807, 2.05) is 6.07 Å². The lowest BCUT2D eigenvalue weighted by atomic mass is 10.2. The normalized spacial score (nSPS) is 10.1. The van der Waals surface area contributed by atoms with Gasteiger partial charge in [-0.3, -0.25) is 0 Å². The summed E-state index contributed by atoms with van der Waals surface area (Å²) < 4.78 is 0.941. The molecule has 2 nitrogen and oxygen atoms in total. The van der Waals surface area contributed by atoms with E-state index in [2.05, 4.69) is 27.8 Å². The van der Waals surface area contributed by atoms with Gasteiger partial charge in [0.15, 0.2) is 0 Å². The van der Waals surface area contributed by atoms with Crippen LogP contribution >= 0.6 is 27.5 Å². The van der Waals surface area contributed by atoms with Crippen molar-refractivity contribution < 1.29 is 5.11 Å². The number of hydrogen-bond donors (Lipinski definition) is 2. The molecule has 0 atom stereocenters. The molecule has 0 bridgehead atoms. The van der Waals surface area contributed by atoms with E-state index in [1.165, 1.54) is 0 Å². The summed E-state index contributed by atoms with van der Waals surface area (Å²) in [6.07, 6.45) is 0. The van der Waals surface area contributed by atoms with Gasteiger partial charge in [0.2, 0.25) is 0 Å². The largest absolute Gasteiger partial charge is 0.508 e. The molecular weight excluding hydrogens is 265 g/mol. The van der Waals surface area contributed by atoms with Gasteiger partial charge in [0, 0.05) is 28.2 Å². The number of phenols is 1. The van der Waals surface area contributed by atoms with E-state index in [0.717, 1.165) is 10.0 Å². The Morgan fingerprint density at radius 1 is 1.57 bits per heavy atom. The highest BCUT2D eigenvalue weighted by Gasteiger charge is 2.01. The number of benzene rings is 1. The first-order valence-electron chi connectivity index (χ1n) is 4.11. The molecule has 0 unspecified atom stereocenters. The van der Waals surface area contributed by atoms with Crippen molar-refractivity contribution in [3.8, 4) is 5.75 Å². The molecule has 0 aliphatic rings. The van der Waals surface area contributed by atoms with Crippen LogP contribution in [0.15, 0.2) is 34.3 Å². The molecule has 0 amide bonds. The summed E-state index contributed by atoms with van der Waals surface area (Å²) in [5.41, 5.74) is 0.831. The van der Waals surface area contributed by atoms with Gasteiger partial charge < -0.3 is 10.4 Å². The van der Waals surface area contributed by atoms with E-state index in [-0.39, 0.29) is 5.75 Å². The molecule has 0 heterocycles. The van der Waals surface area contributed by atoms with E-state index in [9.17, 15) is 5.11 Å². The first-order valence-corrected chi connectivity index (χ1v) is 5.28. The number of nitrogens with one attached hydrogen (secondary N) is 1. The zero-order valence-corrected chi connectivity index (χ0v) is 9.90. The van der Waals surface area contributed by atoms with Crippen molar-refractivity contribution in [2.75, 3.05) is 6.54 Å². The standard InChI is InChI=1S/C10H11BrClNO/c1-7(12)5-13-6-8-4-9(11)2-3-10(8)14/h2-4,13-14H,1,5-6H2. The van der Waals surface area contributed by atoms with Gasteiger partial charge in [0.25, 0.3) is 0 Å². The first-order chi connectivity index (χ1) is 6.59. The fraction of sp³-hybridized carbons (Fsp3) is 0.200. The molecule has 0 aliphatic carbocycles. The SMILES string of the molecule is C=C(Cl)CNCc1cc(Br)ccc1O. The van der Waals surface area contributed by atoms with Crippen LogP contribution in [0.3, 0.4) is 0 Å². The van der Waals surface area contributed by atoms with Crippen molar-refractivity contribution in [1.82, 2.24) is 5.32 Å². The van der Waals surface area contributed by atoms with Crippen LogP contribution in [0.25, 0.3) is 0 Å². The van der Waals surface area contributed by atoms with Gasteiger partial charge in [-0.15, -0.1) is 0 Å². The molecule has 4 heteroatoms. The number of hydrogen-bond acceptors (Lipinski definition) is 2. The van der Waals surface area contributed by atoms with E-state index in [0.29, 0.717) is 18.1 Å². The van der Waals surface area contributed by atoms with Crippen LogP contribution in [0.5, 0.6) is 5.75 Å². The number of aromatic hydroxyl groups is 1. The maximum atomic E-state index is 9.48. The lowest BCUT2D eigenvalue weighted by molar-refractivity contribution is 0.465. The summed E-state index contributed by atoms with van der Waals surface area (Å²) in [6, 6.07) is 5.30. The molecule has 1 aromatic rings. The Hall–Kier alpha value is -0.510. The van der Waals surface area contributed by atoms with Crippen molar-refractivity contribution in [2.24, 2.45) is 0 Å². The van der Waals surface area contributed by atoms with Crippen LogP contribution < -0.4 is 5.32 Å². The third-order valence-electron chi connectivity index (χ3n) is 1.67. The van der Waals surface area contributed by atoms with Crippen LogP contribution in [-0.4, -0.2) is 11.7 Å². The second-order valence-corrected chi connectivity index (χ2v) is 4.34. The highest BCUT2D eigenvalue weighted by atomic mass is 79.9. The van der Waals surface area contributed by atoms with Crippen molar-refractivity contribution in [3.05, 3.63) is 39.8 Å². The minimum absolute atomic E-state index is 0.279. The van der Waals surface area contributed by atoms with Gasteiger partial charge in [-0.25, -0.2) is 0 Å². The minimum Gasteiger partial charge on any atom is -0.508 e. The summed E-state index contributed by atoms with van der Waals surface area (Å²) in [5.74, 6) is 0.279. The van der Waals surface area contributed by atoms with Gasteiger partial charge >= 0.3 is 0 Å². The first kappa shape index (κ1) is 11.6. The second-order valence-electron chi connectivity index (χ2n) is 2.89. The highest BCUT2D eigenvalue weighted by Crippen LogP contribution is 2.21. The van der Waals surface area contributed by atoms with E-state index in [4.69, 9.17) is 11.6 Å². The molecule has 0 aliphatic heterocycles. The average molecular weight is 277 g/mol. The Balaban J connectivity index is 2.57. The monoisotopic (exact) mass is 275 g/mol. The lowest BCUT2D eigenvalue weighted by Gasteiger charge is -2.06. The molecule has 2 N–H and O–H groups in total. The molecule has 0 saturated carbocycles. The third kappa shape index (κ3) is 3.70. The molecular formula is C10H11BrClNO. The number of phenolic OH excluding ortho intramolecular Hbond substituents is 1. The summed E-state index contributed by atoms with van der Waals surface area (Å²) in [5, 5.41) is 13.1. The molecule has 1 aromatic carbocycles. The molecule has 1 rings (SSSR count). The predicted octanol–water partition coefficient (Wildman–Crippen LogP) is 3.00. The third-order valence-corrected chi connectivity index (χ3v) is 2.30. The molecule has 0 saturated heterocycles. The molecule has 0 fully saturated rings. The molecule has 0 spiro atoms. The van der Waals surface area contributed by atoms with Gasteiger partial charge in [-0.2, -0.15) is 0 Å². The zero-order chi connectivity index (χ0) is 10.6. The topological polar surface area (TPSA) is 32.3 Å². The Kier molecular flexibility index (Phi) is 4.45. The van der Waals surface area contributed by atoms with Crippen LogP contribution in [0, 0.1) is 0 Å². The van der Waals surface area contributed by atoms with Crippen LogP contribution in [0.1, 0.15) is 5.56 Å². The van der Waals surface area contributed by atoms with Gasteiger partial charge in [0.1, 0.15) is 5.75 Å². The quantitative estimate of drug-likeness (QED) is 0.886. The molecule has 76 valence electrons. The summed E-state index contributed by atoms with van der Waals surface area (Å²) in [4.78, 5) is 0. The average Bonchev–Trinajstić information content (AvgIpc) is 2.10. The highest BCUT2D eigenvalue weighted by molar-refractivity contribution is 9.10. The minimum atomic E-state index is 0.279. The molecule has 0 aromatic heterocycles. The maximum Gasteiger partial charge on any atom is 0.120 e. The Bertz CT molecular complexity index is 341. The van der Waals surface area contributed by atoms with E-state index >= 15 is 0 Å². The van der Waals surface area contributed by atoms with Crippen molar-refractivity contribution in [3.63, 3.8) is 0 Å². The Morgan fingerprint density at radius 2 is 2.29 bits per heavy atom. The van der Waals surface area contributed by atoms with Crippen molar-refractivity contribution in [1.29, 1.82) is 0 Å². The van der Waals surface area contributed by atoms with Crippen molar-refractivity contribution in [2.45, 2.75) is 6.54 Å². The number of halogens is 2. The number of rotatable bonds is 4. The van der Waals surface area contributed by atoms with Gasteiger partial charge in [0.05, 0.1) is 0 Å². The van der Waals surface area contributed by atoms with E-state index in [1.54, 1.807) is 12.1 Å². The predicted molar refractivity (Wildman–Crippen MR) is 62.5 cm³/mol. The second kappa shape index (κ2) is 5.39. The van der Waals surface area contributed by atoms with Crippen LogP contribution in [0.4, 0.5) is 0 Å². The fourth-order valence-electron chi connectivity index (χ4n) is 1.03. The lowest BCUT2D eigenvalue weighted by Crippen LogP contribution is -2.14. The smallest absolute Gasteiger partial charge is 0.120 e. The maximum absolute atomic E-state index is 9.48. The van der Waals surface area contributed by atoms with E-state index < -0.39 is 0 Å². The Labute approximate surface area is 96.7 Å². The summed E-state index contributed by atoms with van der Waals surface area (Å²) in [7, 11) is 0. The fourth-order valence-corrected chi connectivity index (χ4v) is 1.53. The summed E-state index contributed by atoms with van der Waals surface area (Å²) in [6.45, 7) is 4.66. The van der Waals surface area contributed by atoms with Crippen LogP contribution in [-0.2, 0) is 6.54 Å². The summed E-state index contributed by atoms with van der Waals surface area (Å²) >= 11 is 8.92. The molecule has 0 radical (unpaired) electrons. The molecule has 14 heavy (non-hydrogen) atoms. The Morgan fingerprint density at radius 3 is 2.93 bits per heavy atom. The van der Waals surface area contributed by atoms with Gasteiger partial charge in [-0.05, 0) is 18.2 Å². The van der Waals surface area contributed by atoms with Crippen LogP contribution in [0.2, 0.25) is 0 Å². The zero-order valence-electron chi connectivity index (χ0n) is 7.56. The van der Waals surface area contributed by atoms with Crippen molar-refractivity contribution >= 4 is 27.5 Å².